The molecule has 0 aliphatic rings. The standard InChI is InChI=1S/C30H23N5O/c36-30-26(27(21-11-3-1-4-12-21)32-20-18-22-13-9-10-19-31-22)28-29(35(30)23-14-5-2-6-15-23)34-25-17-8-7-16-24(25)33-28/h1-17,19,36H,18,20H2. The summed E-state index contributed by atoms with van der Waals surface area (Å²) in [6.07, 6.45) is 2.47. The van der Waals surface area contributed by atoms with Crippen LogP contribution in [0, 0.1) is 0 Å². The van der Waals surface area contributed by atoms with Crippen molar-refractivity contribution in [3.8, 4) is 11.6 Å². The van der Waals surface area contributed by atoms with Crippen LogP contribution >= 0.6 is 0 Å². The second-order valence-electron chi connectivity index (χ2n) is 8.42. The second-order valence-corrected chi connectivity index (χ2v) is 8.42. The van der Waals surface area contributed by atoms with Crippen LogP contribution in [0.25, 0.3) is 27.9 Å². The van der Waals surface area contributed by atoms with Gasteiger partial charge in [-0.1, -0.05) is 66.7 Å². The lowest BCUT2D eigenvalue weighted by molar-refractivity contribution is 0.444. The molecule has 6 rings (SSSR count). The van der Waals surface area contributed by atoms with Crippen molar-refractivity contribution in [1.29, 1.82) is 0 Å². The highest BCUT2D eigenvalue weighted by Gasteiger charge is 2.25. The molecule has 6 nitrogen and oxygen atoms in total. The molecular weight excluding hydrogens is 446 g/mol. The lowest BCUT2D eigenvalue weighted by Crippen LogP contribution is -2.06. The lowest BCUT2D eigenvalue weighted by Gasteiger charge is -2.09. The summed E-state index contributed by atoms with van der Waals surface area (Å²) in [7, 11) is 0. The first-order valence-corrected chi connectivity index (χ1v) is 11.9. The Morgan fingerprint density at radius 1 is 0.750 bits per heavy atom. The molecule has 0 aliphatic carbocycles. The first-order chi connectivity index (χ1) is 17.8. The van der Waals surface area contributed by atoms with Crippen LogP contribution in [0.3, 0.4) is 0 Å². The molecule has 3 aromatic heterocycles. The van der Waals surface area contributed by atoms with Crippen LogP contribution in [0.2, 0.25) is 0 Å². The third kappa shape index (κ3) is 3.99. The van der Waals surface area contributed by atoms with Crippen LogP contribution in [0.5, 0.6) is 5.88 Å². The zero-order valence-electron chi connectivity index (χ0n) is 19.5. The number of rotatable bonds is 6. The molecule has 0 fully saturated rings. The van der Waals surface area contributed by atoms with Crippen LogP contribution in [0.15, 0.2) is 114 Å². The van der Waals surface area contributed by atoms with E-state index in [4.69, 9.17) is 15.0 Å². The van der Waals surface area contributed by atoms with Gasteiger partial charge in [0.15, 0.2) is 5.65 Å². The molecule has 1 N–H and O–H groups in total. The number of aromatic nitrogens is 4. The van der Waals surface area contributed by atoms with E-state index in [1.807, 2.05) is 103 Å². The molecule has 6 heteroatoms. The van der Waals surface area contributed by atoms with E-state index in [2.05, 4.69) is 4.98 Å². The van der Waals surface area contributed by atoms with E-state index in [0.29, 0.717) is 35.4 Å². The normalized spacial score (nSPS) is 11.8. The van der Waals surface area contributed by atoms with E-state index in [-0.39, 0.29) is 5.88 Å². The number of aromatic hydroxyl groups is 1. The number of aliphatic imine (C=N–C) groups is 1. The summed E-state index contributed by atoms with van der Waals surface area (Å²) < 4.78 is 1.75. The van der Waals surface area contributed by atoms with Crippen LogP contribution in [-0.4, -0.2) is 36.9 Å². The summed E-state index contributed by atoms with van der Waals surface area (Å²) in [4.78, 5) is 19.3. The molecule has 0 atom stereocenters. The fourth-order valence-electron chi connectivity index (χ4n) is 4.41. The Labute approximate surface area is 208 Å². The molecule has 0 bridgehead atoms. The number of hydrogen-bond donors (Lipinski definition) is 1. The molecular formula is C30H23N5O. The molecule has 174 valence electrons. The van der Waals surface area contributed by atoms with Crippen molar-refractivity contribution >= 4 is 27.9 Å². The monoisotopic (exact) mass is 469 g/mol. The van der Waals surface area contributed by atoms with Gasteiger partial charge in [-0.05, 0) is 36.4 Å². The van der Waals surface area contributed by atoms with Crippen molar-refractivity contribution in [3.05, 3.63) is 126 Å². The number of benzene rings is 3. The number of para-hydroxylation sites is 3. The molecule has 0 amide bonds. The van der Waals surface area contributed by atoms with Gasteiger partial charge < -0.3 is 5.11 Å². The fraction of sp³-hybridized carbons (Fsp3) is 0.0667. The maximum absolute atomic E-state index is 11.7. The number of fused-ring (bicyclic) bond motifs is 2. The molecule has 0 saturated carbocycles. The van der Waals surface area contributed by atoms with Crippen LogP contribution < -0.4 is 0 Å². The fourth-order valence-corrected chi connectivity index (χ4v) is 4.41. The summed E-state index contributed by atoms with van der Waals surface area (Å²) in [5.74, 6) is 0.0620. The van der Waals surface area contributed by atoms with Crippen molar-refractivity contribution in [2.75, 3.05) is 6.54 Å². The van der Waals surface area contributed by atoms with Crippen molar-refractivity contribution < 1.29 is 5.11 Å². The molecule has 3 heterocycles. The smallest absolute Gasteiger partial charge is 0.209 e. The minimum atomic E-state index is 0.0620. The molecule has 0 aliphatic heterocycles. The molecule has 0 unspecified atom stereocenters. The van der Waals surface area contributed by atoms with Crippen molar-refractivity contribution in [3.63, 3.8) is 0 Å². The Kier molecular flexibility index (Phi) is 5.68. The average molecular weight is 470 g/mol. The molecule has 3 aromatic carbocycles. The molecule has 0 spiro atoms. The first-order valence-electron chi connectivity index (χ1n) is 11.9. The van der Waals surface area contributed by atoms with Crippen LogP contribution in [-0.2, 0) is 6.42 Å². The highest BCUT2D eigenvalue weighted by Crippen LogP contribution is 2.35. The molecule has 0 radical (unpaired) electrons. The minimum absolute atomic E-state index is 0.0620. The van der Waals surface area contributed by atoms with Gasteiger partial charge in [0.2, 0.25) is 5.88 Å². The topological polar surface area (TPSA) is 76.2 Å². The van der Waals surface area contributed by atoms with E-state index in [1.165, 1.54) is 0 Å². The SMILES string of the molecule is Oc1c(C(=NCCc2ccccn2)c2ccccc2)c2nc3ccccc3nc2n1-c1ccccc1. The maximum Gasteiger partial charge on any atom is 0.209 e. The molecule has 36 heavy (non-hydrogen) atoms. The van der Waals surface area contributed by atoms with Crippen LogP contribution in [0.4, 0.5) is 0 Å². The van der Waals surface area contributed by atoms with Gasteiger partial charge >= 0.3 is 0 Å². The third-order valence-corrected chi connectivity index (χ3v) is 6.10. The highest BCUT2D eigenvalue weighted by molar-refractivity contribution is 6.20. The van der Waals surface area contributed by atoms with Gasteiger partial charge in [0.25, 0.3) is 0 Å². The van der Waals surface area contributed by atoms with Gasteiger partial charge in [0, 0.05) is 30.4 Å². The van der Waals surface area contributed by atoms with Gasteiger partial charge in [0.1, 0.15) is 5.52 Å². The first kappa shape index (κ1) is 21.7. The summed E-state index contributed by atoms with van der Waals surface area (Å²) in [5.41, 5.74) is 6.63. The molecule has 6 aromatic rings. The highest BCUT2D eigenvalue weighted by atomic mass is 16.3. The minimum Gasteiger partial charge on any atom is -0.494 e. The predicted octanol–water partition coefficient (Wildman–Crippen LogP) is 5.75. The zero-order valence-corrected chi connectivity index (χ0v) is 19.5. The zero-order chi connectivity index (χ0) is 24.3. The van der Waals surface area contributed by atoms with Gasteiger partial charge in [-0.25, -0.2) is 9.97 Å². The largest absolute Gasteiger partial charge is 0.494 e. The van der Waals surface area contributed by atoms with E-state index in [1.54, 1.807) is 10.8 Å². The Hall–Kier alpha value is -4.84. The van der Waals surface area contributed by atoms with Crippen LogP contribution in [0.1, 0.15) is 16.8 Å². The molecule has 0 saturated heterocycles. The Balaban J connectivity index is 1.60. The quantitative estimate of drug-likeness (QED) is 0.315. The summed E-state index contributed by atoms with van der Waals surface area (Å²) in [5, 5.41) is 11.7. The summed E-state index contributed by atoms with van der Waals surface area (Å²) in [6, 6.07) is 33.2. The summed E-state index contributed by atoms with van der Waals surface area (Å²) in [6.45, 7) is 0.514. The second kappa shape index (κ2) is 9.43. The van der Waals surface area contributed by atoms with Crippen molar-refractivity contribution in [2.45, 2.75) is 6.42 Å². The Bertz CT molecular complexity index is 1680. The van der Waals surface area contributed by atoms with Crippen molar-refractivity contribution in [2.24, 2.45) is 4.99 Å². The van der Waals surface area contributed by atoms with Gasteiger partial charge in [-0.15, -0.1) is 0 Å². The average Bonchev–Trinajstić information content (AvgIpc) is 3.21. The lowest BCUT2D eigenvalue weighted by atomic mass is 10.0. The Morgan fingerprint density at radius 2 is 1.42 bits per heavy atom. The van der Waals surface area contributed by atoms with Crippen molar-refractivity contribution in [1.82, 2.24) is 19.5 Å². The maximum atomic E-state index is 11.7. The van der Waals surface area contributed by atoms with E-state index >= 15 is 0 Å². The number of hydrogen-bond acceptors (Lipinski definition) is 5. The third-order valence-electron chi connectivity index (χ3n) is 6.10. The number of nitrogens with zero attached hydrogens (tertiary/aromatic N) is 5. The van der Waals surface area contributed by atoms with Gasteiger partial charge in [0.05, 0.1) is 28.0 Å². The summed E-state index contributed by atoms with van der Waals surface area (Å²) >= 11 is 0. The Morgan fingerprint density at radius 3 is 2.14 bits per heavy atom. The van der Waals surface area contributed by atoms with E-state index < -0.39 is 0 Å². The van der Waals surface area contributed by atoms with Gasteiger partial charge in [-0.2, -0.15) is 0 Å². The number of pyridine rings is 1. The van der Waals surface area contributed by atoms with E-state index in [9.17, 15) is 5.11 Å². The van der Waals surface area contributed by atoms with Gasteiger partial charge in [-0.3, -0.25) is 14.5 Å². The predicted molar refractivity (Wildman–Crippen MR) is 143 cm³/mol. The van der Waals surface area contributed by atoms with E-state index in [0.717, 1.165) is 28.0 Å².